The number of hydrogen-bond donors (Lipinski definition) is 2. The van der Waals surface area contributed by atoms with Gasteiger partial charge in [0, 0.05) is 25.4 Å². The van der Waals surface area contributed by atoms with Gasteiger partial charge in [-0.15, -0.1) is 0 Å². The number of halogens is 1. The van der Waals surface area contributed by atoms with Crippen LogP contribution in [0.4, 0.5) is 15.8 Å². The molecule has 1 heterocycles. The fourth-order valence-corrected chi connectivity index (χ4v) is 2.22. The highest BCUT2D eigenvalue weighted by molar-refractivity contribution is 5.96. The number of carbonyl (C=O) groups excluding carboxylic acids is 1. The first-order valence-electron chi connectivity index (χ1n) is 6.60. The average molecular weight is 282 g/mol. The molecule has 1 aromatic rings. The summed E-state index contributed by atoms with van der Waals surface area (Å²) in [7, 11) is 1.26. The van der Waals surface area contributed by atoms with Crippen molar-refractivity contribution in [3.05, 3.63) is 23.5 Å². The molecule has 1 saturated heterocycles. The van der Waals surface area contributed by atoms with Crippen LogP contribution in [0, 0.1) is 11.7 Å². The van der Waals surface area contributed by atoms with E-state index in [1.165, 1.54) is 13.2 Å². The summed E-state index contributed by atoms with van der Waals surface area (Å²) >= 11 is 0. The Balaban J connectivity index is 2.08. The van der Waals surface area contributed by atoms with Gasteiger partial charge in [-0.25, -0.2) is 9.18 Å². The number of ether oxygens (including phenoxy) is 2. The molecule has 1 aliphatic heterocycles. The van der Waals surface area contributed by atoms with Gasteiger partial charge in [0.1, 0.15) is 5.82 Å². The Kier molecular flexibility index (Phi) is 4.79. The van der Waals surface area contributed by atoms with E-state index in [1.54, 1.807) is 0 Å². The summed E-state index contributed by atoms with van der Waals surface area (Å²) in [5.74, 6) is -0.596. The van der Waals surface area contributed by atoms with Crippen LogP contribution in [0.1, 0.15) is 23.2 Å². The predicted octanol–water partition coefficient (Wildman–Crippen LogP) is 2.03. The van der Waals surface area contributed by atoms with Crippen LogP contribution < -0.4 is 11.1 Å². The van der Waals surface area contributed by atoms with E-state index in [0.717, 1.165) is 32.1 Å². The van der Waals surface area contributed by atoms with Crippen molar-refractivity contribution in [3.8, 4) is 0 Å². The van der Waals surface area contributed by atoms with Crippen molar-refractivity contribution in [1.82, 2.24) is 0 Å². The van der Waals surface area contributed by atoms with Gasteiger partial charge in [0.25, 0.3) is 0 Å². The lowest BCUT2D eigenvalue weighted by Crippen LogP contribution is -2.23. The van der Waals surface area contributed by atoms with Gasteiger partial charge in [-0.1, -0.05) is 0 Å². The number of nitrogen functional groups attached to an aromatic ring is 1. The van der Waals surface area contributed by atoms with Gasteiger partial charge in [-0.05, 0) is 30.9 Å². The van der Waals surface area contributed by atoms with Crippen LogP contribution >= 0.6 is 0 Å². The number of benzene rings is 1. The van der Waals surface area contributed by atoms with Crippen molar-refractivity contribution in [3.63, 3.8) is 0 Å². The lowest BCUT2D eigenvalue weighted by molar-refractivity contribution is 0.0602. The van der Waals surface area contributed by atoms with Gasteiger partial charge in [0.2, 0.25) is 0 Å². The van der Waals surface area contributed by atoms with E-state index in [2.05, 4.69) is 10.1 Å². The molecule has 5 nitrogen and oxygen atoms in total. The van der Waals surface area contributed by atoms with Crippen LogP contribution in [-0.4, -0.2) is 32.8 Å². The van der Waals surface area contributed by atoms with Crippen LogP contribution in [0.2, 0.25) is 0 Å². The van der Waals surface area contributed by atoms with Crippen LogP contribution in [-0.2, 0) is 9.47 Å². The van der Waals surface area contributed by atoms with Crippen molar-refractivity contribution >= 4 is 17.3 Å². The third-order valence-electron chi connectivity index (χ3n) is 3.47. The summed E-state index contributed by atoms with van der Waals surface area (Å²) in [6.45, 7) is 2.12. The molecule has 1 aromatic carbocycles. The molecular formula is C14H19FN2O3. The topological polar surface area (TPSA) is 73.6 Å². The van der Waals surface area contributed by atoms with Gasteiger partial charge in [-0.2, -0.15) is 0 Å². The van der Waals surface area contributed by atoms with Crippen molar-refractivity contribution in [2.24, 2.45) is 5.92 Å². The number of nitrogens with two attached hydrogens (primary N) is 1. The van der Waals surface area contributed by atoms with Crippen LogP contribution in [0.3, 0.4) is 0 Å². The SMILES string of the molecule is COC(=O)c1cc(NCC2CCOCC2)c(F)cc1N. The number of rotatable bonds is 4. The van der Waals surface area contributed by atoms with E-state index < -0.39 is 11.8 Å². The Hall–Kier alpha value is -1.82. The minimum Gasteiger partial charge on any atom is -0.465 e. The zero-order chi connectivity index (χ0) is 14.5. The second kappa shape index (κ2) is 6.56. The lowest BCUT2D eigenvalue weighted by Gasteiger charge is -2.23. The van der Waals surface area contributed by atoms with Gasteiger partial charge < -0.3 is 20.5 Å². The average Bonchev–Trinajstić information content (AvgIpc) is 2.46. The normalized spacial score (nSPS) is 15.9. The third kappa shape index (κ3) is 3.39. The number of carbonyl (C=O) groups is 1. The van der Waals surface area contributed by atoms with E-state index >= 15 is 0 Å². The molecule has 0 bridgehead atoms. The molecule has 0 aromatic heterocycles. The quantitative estimate of drug-likeness (QED) is 0.653. The molecule has 0 amide bonds. The van der Waals surface area contributed by atoms with Crippen molar-refractivity contribution in [2.75, 3.05) is 37.9 Å². The standard InChI is InChI=1S/C14H19FN2O3/c1-19-14(18)10-6-13(11(15)7-12(10)16)17-8-9-2-4-20-5-3-9/h6-7,9,17H,2-5,8,16H2,1H3. The molecular weight excluding hydrogens is 263 g/mol. The number of esters is 1. The molecule has 0 aliphatic carbocycles. The molecule has 1 aliphatic rings. The zero-order valence-corrected chi connectivity index (χ0v) is 11.4. The number of anilines is 2. The van der Waals surface area contributed by atoms with Crippen molar-refractivity contribution < 1.29 is 18.7 Å². The molecule has 0 atom stereocenters. The number of nitrogens with one attached hydrogen (secondary N) is 1. The maximum absolute atomic E-state index is 13.8. The molecule has 1 fully saturated rings. The Bertz CT molecular complexity index is 488. The fourth-order valence-electron chi connectivity index (χ4n) is 2.22. The van der Waals surface area contributed by atoms with Gasteiger partial charge in [0.05, 0.1) is 18.4 Å². The highest BCUT2D eigenvalue weighted by atomic mass is 19.1. The van der Waals surface area contributed by atoms with Gasteiger partial charge in [0.15, 0.2) is 0 Å². The van der Waals surface area contributed by atoms with E-state index in [4.69, 9.17) is 10.5 Å². The van der Waals surface area contributed by atoms with Crippen LogP contribution in [0.5, 0.6) is 0 Å². The first-order chi connectivity index (χ1) is 9.61. The zero-order valence-electron chi connectivity index (χ0n) is 11.4. The Morgan fingerprint density at radius 2 is 2.20 bits per heavy atom. The van der Waals surface area contributed by atoms with Crippen molar-refractivity contribution in [2.45, 2.75) is 12.8 Å². The van der Waals surface area contributed by atoms with E-state index in [9.17, 15) is 9.18 Å². The molecule has 20 heavy (non-hydrogen) atoms. The summed E-state index contributed by atoms with van der Waals surface area (Å²) in [4.78, 5) is 11.5. The van der Waals surface area contributed by atoms with E-state index in [-0.39, 0.29) is 16.9 Å². The number of hydrogen-bond acceptors (Lipinski definition) is 5. The second-order valence-electron chi connectivity index (χ2n) is 4.85. The van der Waals surface area contributed by atoms with Crippen LogP contribution in [0.25, 0.3) is 0 Å². The van der Waals surface area contributed by atoms with E-state index in [1.807, 2.05) is 0 Å². The summed E-state index contributed by atoms with van der Waals surface area (Å²) < 4.78 is 23.7. The fraction of sp³-hybridized carbons (Fsp3) is 0.500. The molecule has 3 N–H and O–H groups in total. The van der Waals surface area contributed by atoms with Crippen LogP contribution in [0.15, 0.2) is 12.1 Å². The smallest absolute Gasteiger partial charge is 0.340 e. The van der Waals surface area contributed by atoms with Gasteiger partial charge in [-0.3, -0.25) is 0 Å². The first kappa shape index (κ1) is 14.6. The molecule has 0 saturated carbocycles. The highest BCUT2D eigenvalue weighted by Crippen LogP contribution is 2.24. The largest absolute Gasteiger partial charge is 0.465 e. The summed E-state index contributed by atoms with van der Waals surface area (Å²) in [5.41, 5.74) is 6.13. The monoisotopic (exact) mass is 282 g/mol. The Morgan fingerprint density at radius 3 is 2.85 bits per heavy atom. The first-order valence-corrected chi connectivity index (χ1v) is 6.60. The molecule has 0 unspecified atom stereocenters. The van der Waals surface area contributed by atoms with Gasteiger partial charge >= 0.3 is 5.97 Å². The maximum atomic E-state index is 13.8. The minimum absolute atomic E-state index is 0.0750. The highest BCUT2D eigenvalue weighted by Gasteiger charge is 2.17. The summed E-state index contributed by atoms with van der Waals surface area (Å²) in [6.07, 6.45) is 1.90. The Morgan fingerprint density at radius 1 is 1.50 bits per heavy atom. The summed E-state index contributed by atoms with van der Waals surface area (Å²) in [5, 5.41) is 3.04. The molecule has 0 radical (unpaired) electrons. The second-order valence-corrected chi connectivity index (χ2v) is 4.85. The van der Waals surface area contributed by atoms with Crippen molar-refractivity contribution in [1.29, 1.82) is 0 Å². The Labute approximate surface area is 117 Å². The molecule has 0 spiro atoms. The van der Waals surface area contributed by atoms with E-state index in [0.29, 0.717) is 12.5 Å². The minimum atomic E-state index is -0.573. The summed E-state index contributed by atoms with van der Waals surface area (Å²) in [6, 6.07) is 2.54. The molecule has 110 valence electrons. The maximum Gasteiger partial charge on any atom is 0.340 e. The lowest BCUT2D eigenvalue weighted by atomic mass is 10.0. The molecule has 6 heteroatoms. The molecule has 2 rings (SSSR count). The number of methoxy groups -OCH3 is 1. The third-order valence-corrected chi connectivity index (χ3v) is 3.47. The predicted molar refractivity (Wildman–Crippen MR) is 74.2 cm³/mol.